The fraction of sp³-hybridized carbons (Fsp3) is 0.333. The van der Waals surface area contributed by atoms with E-state index in [2.05, 4.69) is 55.0 Å². The van der Waals surface area contributed by atoms with Crippen LogP contribution in [0.1, 0.15) is 50.6 Å². The van der Waals surface area contributed by atoms with Crippen LogP contribution in [0.25, 0.3) is 10.6 Å². The molecule has 5 nitrogen and oxygen atoms in total. The van der Waals surface area contributed by atoms with Crippen LogP contribution in [0.3, 0.4) is 0 Å². The van der Waals surface area contributed by atoms with Crippen LogP contribution in [0.4, 0.5) is 0 Å². The SMILES string of the molecule is CCCc1sc(-c2ccnc(OCCCC(C)(C)[Si](O)(c3ccccc3)c3ccccc3)c2)nc1CO. The maximum atomic E-state index is 12.3. The molecule has 2 aromatic heterocycles. The number of aliphatic hydroxyl groups is 1. The summed E-state index contributed by atoms with van der Waals surface area (Å²) in [6.07, 6.45) is 5.28. The first-order valence-corrected chi connectivity index (χ1v) is 15.7. The van der Waals surface area contributed by atoms with Gasteiger partial charge in [-0.05, 0) is 40.7 Å². The van der Waals surface area contributed by atoms with Gasteiger partial charge in [0.15, 0.2) is 0 Å². The molecule has 0 aliphatic rings. The van der Waals surface area contributed by atoms with E-state index in [0.717, 1.165) is 57.2 Å². The molecule has 7 heteroatoms. The molecule has 0 aliphatic heterocycles. The van der Waals surface area contributed by atoms with Crippen LogP contribution < -0.4 is 15.1 Å². The van der Waals surface area contributed by atoms with E-state index in [0.29, 0.717) is 12.5 Å². The van der Waals surface area contributed by atoms with Crippen LogP contribution in [0, 0.1) is 0 Å². The Hall–Kier alpha value is -2.84. The molecule has 4 rings (SSSR count). The van der Waals surface area contributed by atoms with E-state index >= 15 is 0 Å². The van der Waals surface area contributed by atoms with Gasteiger partial charge in [-0.15, -0.1) is 11.3 Å². The van der Waals surface area contributed by atoms with E-state index in [1.165, 1.54) is 0 Å². The zero-order valence-corrected chi connectivity index (χ0v) is 23.7. The third-order valence-corrected chi connectivity index (χ3v) is 12.7. The van der Waals surface area contributed by atoms with Crippen molar-refractivity contribution in [1.29, 1.82) is 0 Å². The molecule has 0 radical (unpaired) electrons. The minimum Gasteiger partial charge on any atom is -0.478 e. The Kier molecular flexibility index (Phi) is 8.92. The fourth-order valence-corrected chi connectivity index (χ4v) is 9.81. The van der Waals surface area contributed by atoms with Gasteiger partial charge in [-0.2, -0.15) is 0 Å². The Morgan fingerprint density at radius 3 is 2.22 bits per heavy atom. The summed E-state index contributed by atoms with van der Waals surface area (Å²) in [5.74, 6) is 0.562. The molecule has 0 amide bonds. The lowest BCUT2D eigenvalue weighted by Crippen LogP contribution is -2.65. The molecule has 0 spiro atoms. The van der Waals surface area contributed by atoms with Gasteiger partial charge in [0.25, 0.3) is 8.32 Å². The van der Waals surface area contributed by atoms with Gasteiger partial charge >= 0.3 is 0 Å². The first-order chi connectivity index (χ1) is 17.9. The van der Waals surface area contributed by atoms with Crippen molar-refractivity contribution >= 4 is 30.0 Å². The Balaban J connectivity index is 1.45. The van der Waals surface area contributed by atoms with Crippen molar-refractivity contribution < 1.29 is 14.6 Å². The molecule has 0 saturated heterocycles. The van der Waals surface area contributed by atoms with Gasteiger partial charge in [-0.25, -0.2) is 9.97 Å². The van der Waals surface area contributed by atoms with E-state index < -0.39 is 8.32 Å². The predicted octanol–water partition coefficient (Wildman–Crippen LogP) is 5.34. The molecule has 0 bridgehead atoms. The monoisotopic (exact) mass is 532 g/mol. The summed E-state index contributed by atoms with van der Waals surface area (Å²) in [5, 5.41) is 12.3. The lowest BCUT2D eigenvalue weighted by Gasteiger charge is -2.41. The van der Waals surface area contributed by atoms with Crippen LogP contribution in [0.5, 0.6) is 5.88 Å². The minimum absolute atomic E-state index is 0.0440. The van der Waals surface area contributed by atoms with Crippen molar-refractivity contribution in [3.8, 4) is 16.5 Å². The Bertz CT molecular complexity index is 1240. The van der Waals surface area contributed by atoms with Crippen LogP contribution in [-0.2, 0) is 13.0 Å². The number of nitrogens with zero attached hydrogens (tertiary/aromatic N) is 2. The minimum atomic E-state index is -3.02. The Labute approximate surface area is 225 Å². The molecular weight excluding hydrogens is 496 g/mol. The zero-order chi connectivity index (χ0) is 26.3. The molecule has 0 fully saturated rings. The van der Waals surface area contributed by atoms with Crippen molar-refractivity contribution in [2.75, 3.05) is 6.61 Å². The smallest absolute Gasteiger partial charge is 0.258 e. The van der Waals surface area contributed by atoms with Crippen molar-refractivity contribution in [3.63, 3.8) is 0 Å². The van der Waals surface area contributed by atoms with E-state index in [1.54, 1.807) is 17.5 Å². The number of thiazole rings is 1. The van der Waals surface area contributed by atoms with Crippen LogP contribution in [0.2, 0.25) is 5.04 Å². The highest BCUT2D eigenvalue weighted by Gasteiger charge is 2.49. The number of benzene rings is 2. The lowest BCUT2D eigenvalue weighted by atomic mass is 10.1. The molecule has 0 atom stereocenters. The van der Waals surface area contributed by atoms with Crippen LogP contribution in [0.15, 0.2) is 79.0 Å². The van der Waals surface area contributed by atoms with E-state index in [4.69, 9.17) is 4.74 Å². The highest BCUT2D eigenvalue weighted by atomic mass is 32.1. The number of hydrogen-bond acceptors (Lipinski definition) is 6. The molecule has 4 aromatic rings. The van der Waals surface area contributed by atoms with Gasteiger partial charge in [0.2, 0.25) is 5.88 Å². The molecule has 0 saturated carbocycles. The molecule has 0 aliphatic carbocycles. The van der Waals surface area contributed by atoms with Gasteiger partial charge in [-0.1, -0.05) is 87.9 Å². The van der Waals surface area contributed by atoms with Crippen molar-refractivity contribution in [2.45, 2.75) is 58.1 Å². The highest BCUT2D eigenvalue weighted by molar-refractivity contribution is 7.15. The summed E-state index contributed by atoms with van der Waals surface area (Å²) in [6, 6.07) is 24.1. The molecule has 2 N–H and O–H groups in total. The van der Waals surface area contributed by atoms with Gasteiger partial charge < -0.3 is 14.6 Å². The molecular formula is C30H36N2O3SSi. The van der Waals surface area contributed by atoms with E-state index in [1.807, 2.05) is 48.5 Å². The number of ether oxygens (including phenoxy) is 1. The number of aromatic nitrogens is 2. The maximum absolute atomic E-state index is 12.3. The topological polar surface area (TPSA) is 75.5 Å². The van der Waals surface area contributed by atoms with Gasteiger partial charge in [-0.3, -0.25) is 0 Å². The first kappa shape index (κ1) is 27.2. The number of aryl methyl sites for hydroxylation is 1. The summed E-state index contributed by atoms with van der Waals surface area (Å²) < 4.78 is 6.05. The van der Waals surface area contributed by atoms with Crippen molar-refractivity contribution in [1.82, 2.24) is 9.97 Å². The number of aliphatic hydroxyl groups excluding tert-OH is 1. The third kappa shape index (κ3) is 6.01. The molecule has 194 valence electrons. The highest BCUT2D eigenvalue weighted by Crippen LogP contribution is 2.40. The average molecular weight is 533 g/mol. The largest absolute Gasteiger partial charge is 0.478 e. The van der Waals surface area contributed by atoms with E-state index in [9.17, 15) is 9.90 Å². The van der Waals surface area contributed by atoms with Gasteiger partial charge in [0.1, 0.15) is 5.01 Å². The number of hydrogen-bond donors (Lipinski definition) is 2. The van der Waals surface area contributed by atoms with Gasteiger partial charge in [0.05, 0.1) is 18.9 Å². The van der Waals surface area contributed by atoms with Crippen molar-refractivity contribution in [2.24, 2.45) is 0 Å². The number of rotatable bonds is 12. The quantitative estimate of drug-likeness (QED) is 0.190. The second-order valence-electron chi connectivity index (χ2n) is 9.96. The summed E-state index contributed by atoms with van der Waals surface area (Å²) >= 11 is 1.62. The lowest BCUT2D eigenvalue weighted by molar-refractivity contribution is 0.276. The van der Waals surface area contributed by atoms with Crippen LogP contribution >= 0.6 is 11.3 Å². The summed E-state index contributed by atoms with van der Waals surface area (Å²) in [5.41, 5.74) is 1.71. The Morgan fingerprint density at radius 1 is 0.973 bits per heavy atom. The molecule has 2 aromatic carbocycles. The van der Waals surface area contributed by atoms with E-state index in [-0.39, 0.29) is 11.6 Å². The fourth-order valence-electron chi connectivity index (χ4n) is 4.85. The zero-order valence-electron chi connectivity index (χ0n) is 21.9. The second-order valence-corrected chi connectivity index (χ2v) is 15.0. The Morgan fingerprint density at radius 2 is 1.62 bits per heavy atom. The normalized spacial score (nSPS) is 12.0. The predicted molar refractivity (Wildman–Crippen MR) is 154 cm³/mol. The molecule has 2 heterocycles. The average Bonchev–Trinajstić information content (AvgIpc) is 3.35. The standard InChI is InChI=1S/C30H36N2O3SSi/c1-4-12-27-26(22-33)32-29(36-27)23-17-19-31-28(21-23)35-20-11-18-30(2,3)37(34,24-13-7-5-8-14-24)25-15-9-6-10-16-25/h5-10,13-17,19,21,33-34H,4,11-12,18,20,22H2,1-3H3. The molecule has 37 heavy (non-hydrogen) atoms. The maximum Gasteiger partial charge on any atom is 0.258 e. The van der Waals surface area contributed by atoms with Crippen LogP contribution in [-0.4, -0.2) is 34.8 Å². The van der Waals surface area contributed by atoms with Crippen molar-refractivity contribution in [3.05, 3.63) is 89.6 Å². The summed E-state index contributed by atoms with van der Waals surface area (Å²) in [6.45, 7) is 6.94. The molecule has 0 unspecified atom stereocenters. The van der Waals surface area contributed by atoms with Gasteiger partial charge in [0, 0.05) is 22.7 Å². The second kappa shape index (κ2) is 12.1. The first-order valence-electron chi connectivity index (χ1n) is 12.9. The summed E-state index contributed by atoms with van der Waals surface area (Å²) in [4.78, 5) is 22.5. The summed E-state index contributed by atoms with van der Waals surface area (Å²) in [7, 11) is -3.02. The number of pyridine rings is 1. The third-order valence-electron chi connectivity index (χ3n) is 6.95.